The van der Waals surface area contributed by atoms with Crippen molar-refractivity contribution in [3.63, 3.8) is 0 Å². The van der Waals surface area contributed by atoms with Gasteiger partial charge in [-0.2, -0.15) is 0 Å². The number of carbonyl (C=O) groups excluding carboxylic acids is 1. The molecule has 0 radical (unpaired) electrons. The number of rotatable bonds is 3. The van der Waals surface area contributed by atoms with Crippen molar-refractivity contribution in [2.24, 2.45) is 5.73 Å². The summed E-state index contributed by atoms with van der Waals surface area (Å²) in [4.78, 5) is 14.7. The molecule has 2 N–H and O–H groups in total. The van der Waals surface area contributed by atoms with Gasteiger partial charge < -0.3 is 15.4 Å². The Balaban J connectivity index is 0.00000192. The van der Waals surface area contributed by atoms with Gasteiger partial charge in [0, 0.05) is 24.2 Å². The molecular weight excluding hydrogens is 335 g/mol. The molecule has 4 nitrogen and oxygen atoms in total. The third-order valence-corrected chi connectivity index (χ3v) is 4.83. The van der Waals surface area contributed by atoms with Gasteiger partial charge in [-0.1, -0.05) is 11.6 Å². The van der Waals surface area contributed by atoms with Crippen LogP contribution in [0.1, 0.15) is 48.9 Å². The van der Waals surface area contributed by atoms with Gasteiger partial charge in [0.25, 0.3) is 5.91 Å². The summed E-state index contributed by atoms with van der Waals surface area (Å²) in [5.41, 5.74) is 6.49. The number of ether oxygens (including phenoxy) is 1. The summed E-state index contributed by atoms with van der Waals surface area (Å²) < 4.78 is 6.06. The Hall–Kier alpha value is -0.970. The van der Waals surface area contributed by atoms with Crippen LogP contribution in [0.2, 0.25) is 5.02 Å². The van der Waals surface area contributed by atoms with Crippen molar-refractivity contribution < 1.29 is 9.53 Å². The maximum atomic E-state index is 12.8. The number of halogens is 2. The molecule has 0 spiro atoms. The number of likely N-dealkylation sites (tertiary alicyclic amines) is 1. The Morgan fingerprint density at radius 1 is 1.17 bits per heavy atom. The van der Waals surface area contributed by atoms with E-state index in [1.165, 1.54) is 12.8 Å². The largest absolute Gasteiger partial charge is 0.490 e. The first-order chi connectivity index (χ1) is 10.6. The van der Waals surface area contributed by atoms with Crippen LogP contribution in [0.15, 0.2) is 18.2 Å². The van der Waals surface area contributed by atoms with E-state index in [0.29, 0.717) is 29.4 Å². The quantitative estimate of drug-likeness (QED) is 0.896. The molecule has 2 aliphatic rings. The van der Waals surface area contributed by atoms with Gasteiger partial charge >= 0.3 is 0 Å². The normalized spacial score (nSPS) is 19.5. The van der Waals surface area contributed by atoms with Crippen LogP contribution >= 0.6 is 24.0 Å². The molecule has 2 fully saturated rings. The fourth-order valence-electron chi connectivity index (χ4n) is 3.23. The number of benzene rings is 1. The van der Waals surface area contributed by atoms with Crippen LogP contribution in [0, 0.1) is 0 Å². The average Bonchev–Trinajstić information content (AvgIpc) is 3.02. The zero-order chi connectivity index (χ0) is 15.5. The zero-order valence-corrected chi connectivity index (χ0v) is 14.7. The molecule has 0 atom stereocenters. The van der Waals surface area contributed by atoms with Gasteiger partial charge in [-0.15, -0.1) is 12.4 Å². The van der Waals surface area contributed by atoms with E-state index in [1.54, 1.807) is 12.1 Å². The topological polar surface area (TPSA) is 55.6 Å². The number of amides is 1. The molecule has 23 heavy (non-hydrogen) atoms. The van der Waals surface area contributed by atoms with Crippen molar-refractivity contribution >= 4 is 29.9 Å². The fraction of sp³-hybridized carbons (Fsp3) is 0.588. The van der Waals surface area contributed by atoms with Crippen molar-refractivity contribution in [2.75, 3.05) is 13.1 Å². The average molecular weight is 359 g/mol. The Morgan fingerprint density at radius 2 is 1.83 bits per heavy atom. The van der Waals surface area contributed by atoms with Crippen LogP contribution in [0.25, 0.3) is 0 Å². The van der Waals surface area contributed by atoms with E-state index >= 15 is 0 Å². The SMILES string of the molecule is Cl.NC1CCN(C(=O)c2cc(Cl)ccc2OC2CCCC2)CC1. The van der Waals surface area contributed by atoms with Crippen molar-refractivity contribution in [3.8, 4) is 5.75 Å². The predicted octanol–water partition coefficient (Wildman–Crippen LogP) is 3.65. The Labute approximate surface area is 148 Å². The third kappa shape index (κ3) is 4.52. The van der Waals surface area contributed by atoms with Crippen molar-refractivity contribution in [1.82, 2.24) is 4.90 Å². The van der Waals surface area contributed by atoms with E-state index in [-0.39, 0.29) is 30.5 Å². The number of nitrogens with zero attached hydrogens (tertiary/aromatic N) is 1. The number of piperidine rings is 1. The fourth-order valence-corrected chi connectivity index (χ4v) is 3.40. The summed E-state index contributed by atoms with van der Waals surface area (Å²) in [6.45, 7) is 1.41. The Morgan fingerprint density at radius 3 is 2.48 bits per heavy atom. The Kier molecular flexibility index (Phi) is 6.57. The van der Waals surface area contributed by atoms with Crippen LogP contribution in [-0.2, 0) is 0 Å². The third-order valence-electron chi connectivity index (χ3n) is 4.59. The summed E-state index contributed by atoms with van der Waals surface area (Å²) in [5, 5.41) is 0.566. The number of carbonyl (C=O) groups is 1. The molecule has 0 unspecified atom stereocenters. The molecule has 1 aromatic rings. The van der Waals surface area contributed by atoms with Crippen LogP contribution in [0.4, 0.5) is 0 Å². The minimum Gasteiger partial charge on any atom is -0.490 e. The first-order valence-electron chi connectivity index (χ1n) is 8.14. The first-order valence-corrected chi connectivity index (χ1v) is 8.52. The van der Waals surface area contributed by atoms with Gasteiger partial charge in [-0.25, -0.2) is 0 Å². The molecule has 1 heterocycles. The van der Waals surface area contributed by atoms with Gasteiger partial charge in [0.05, 0.1) is 11.7 Å². The van der Waals surface area contributed by atoms with Crippen molar-refractivity contribution in [1.29, 1.82) is 0 Å². The highest BCUT2D eigenvalue weighted by Crippen LogP contribution is 2.30. The minimum absolute atomic E-state index is 0. The lowest BCUT2D eigenvalue weighted by atomic mass is 10.0. The molecule has 1 saturated carbocycles. The number of hydrogen-bond acceptors (Lipinski definition) is 3. The molecule has 3 rings (SSSR count). The van der Waals surface area contributed by atoms with Gasteiger partial charge in [-0.3, -0.25) is 4.79 Å². The summed E-state index contributed by atoms with van der Waals surface area (Å²) in [5.74, 6) is 0.665. The summed E-state index contributed by atoms with van der Waals surface area (Å²) in [6, 6.07) is 5.54. The van der Waals surface area contributed by atoms with E-state index in [9.17, 15) is 4.79 Å². The lowest BCUT2D eigenvalue weighted by Crippen LogP contribution is -2.43. The molecule has 1 aliphatic heterocycles. The van der Waals surface area contributed by atoms with E-state index in [0.717, 1.165) is 25.7 Å². The second kappa shape index (κ2) is 8.22. The van der Waals surface area contributed by atoms with E-state index in [1.807, 2.05) is 11.0 Å². The van der Waals surface area contributed by atoms with Crippen LogP contribution in [0.5, 0.6) is 5.75 Å². The summed E-state index contributed by atoms with van der Waals surface area (Å²) >= 11 is 6.09. The van der Waals surface area contributed by atoms with Crippen LogP contribution in [-0.4, -0.2) is 36.0 Å². The van der Waals surface area contributed by atoms with Gasteiger partial charge in [0.1, 0.15) is 5.75 Å². The minimum atomic E-state index is 0. The van der Waals surface area contributed by atoms with Crippen LogP contribution < -0.4 is 10.5 Å². The van der Waals surface area contributed by atoms with Gasteiger partial charge in [-0.05, 0) is 56.7 Å². The maximum Gasteiger partial charge on any atom is 0.257 e. The highest BCUT2D eigenvalue weighted by molar-refractivity contribution is 6.31. The molecule has 0 aromatic heterocycles. The molecule has 1 aromatic carbocycles. The lowest BCUT2D eigenvalue weighted by Gasteiger charge is -2.31. The van der Waals surface area contributed by atoms with Gasteiger partial charge in [0.15, 0.2) is 0 Å². The maximum absolute atomic E-state index is 12.8. The second-order valence-electron chi connectivity index (χ2n) is 6.29. The van der Waals surface area contributed by atoms with Crippen molar-refractivity contribution in [2.45, 2.75) is 50.7 Å². The smallest absolute Gasteiger partial charge is 0.257 e. The molecule has 1 amide bonds. The molecular formula is C17H24Cl2N2O2. The van der Waals surface area contributed by atoms with E-state index in [4.69, 9.17) is 22.1 Å². The number of hydrogen-bond donors (Lipinski definition) is 1. The number of nitrogens with two attached hydrogens (primary N) is 1. The van der Waals surface area contributed by atoms with Crippen molar-refractivity contribution in [3.05, 3.63) is 28.8 Å². The molecule has 6 heteroatoms. The molecule has 1 aliphatic carbocycles. The highest BCUT2D eigenvalue weighted by atomic mass is 35.5. The molecule has 0 bridgehead atoms. The summed E-state index contributed by atoms with van der Waals surface area (Å²) in [7, 11) is 0. The van der Waals surface area contributed by atoms with E-state index in [2.05, 4.69) is 0 Å². The highest BCUT2D eigenvalue weighted by Gasteiger charge is 2.26. The standard InChI is InChI=1S/C17H23ClN2O2.ClH/c18-12-5-6-16(22-14-3-1-2-4-14)15(11-12)17(21)20-9-7-13(19)8-10-20;/h5-6,11,13-14H,1-4,7-10,19H2;1H. The molecule has 1 saturated heterocycles. The van der Waals surface area contributed by atoms with Gasteiger partial charge in [0.2, 0.25) is 0 Å². The second-order valence-corrected chi connectivity index (χ2v) is 6.73. The monoisotopic (exact) mass is 358 g/mol. The first kappa shape index (κ1) is 18.4. The lowest BCUT2D eigenvalue weighted by molar-refractivity contribution is 0.0707. The van der Waals surface area contributed by atoms with E-state index < -0.39 is 0 Å². The summed E-state index contributed by atoms with van der Waals surface area (Å²) in [6.07, 6.45) is 6.46. The Bertz CT molecular complexity index is 539. The predicted molar refractivity (Wildman–Crippen MR) is 94.7 cm³/mol. The zero-order valence-electron chi connectivity index (χ0n) is 13.2. The van der Waals surface area contributed by atoms with Crippen LogP contribution in [0.3, 0.4) is 0 Å². The molecule has 128 valence electrons.